The summed E-state index contributed by atoms with van der Waals surface area (Å²) in [7, 11) is 0. The Morgan fingerprint density at radius 1 is 1.85 bits per heavy atom. The highest BCUT2D eigenvalue weighted by Crippen LogP contribution is 2.24. The molecule has 0 saturated heterocycles. The van der Waals surface area contributed by atoms with Crippen LogP contribution in [0.1, 0.15) is 5.76 Å². The van der Waals surface area contributed by atoms with Gasteiger partial charge in [-0.25, -0.2) is 0 Å². The number of rotatable bonds is 4. The predicted octanol–water partition coefficient (Wildman–Crippen LogP) is 2.37. The van der Waals surface area contributed by atoms with Crippen molar-refractivity contribution in [2.75, 3.05) is 5.75 Å². The molecular formula is C8H9ClO3S. The number of carboxylic acid groups (broad SMARTS) is 1. The molecule has 1 atom stereocenters. The first-order chi connectivity index (χ1) is 6.11. The van der Waals surface area contributed by atoms with E-state index in [4.69, 9.17) is 21.1 Å². The molecule has 1 aromatic rings. The van der Waals surface area contributed by atoms with Gasteiger partial charge in [-0.3, -0.25) is 4.79 Å². The van der Waals surface area contributed by atoms with E-state index in [-0.39, 0.29) is 0 Å². The second-order valence-electron chi connectivity index (χ2n) is 2.46. The van der Waals surface area contributed by atoms with Gasteiger partial charge in [-0.15, -0.1) is 23.4 Å². The lowest BCUT2D eigenvalue weighted by atomic mass is 10.5. The number of alkyl halides is 1. The molecule has 1 N–H and O–H groups in total. The first-order valence-corrected chi connectivity index (χ1v) is 5.07. The summed E-state index contributed by atoms with van der Waals surface area (Å²) in [6, 6.07) is 1.80. The van der Waals surface area contributed by atoms with Gasteiger partial charge < -0.3 is 9.52 Å². The van der Waals surface area contributed by atoms with Crippen molar-refractivity contribution in [2.24, 2.45) is 0 Å². The Hall–Kier alpha value is -0.610. The van der Waals surface area contributed by atoms with Gasteiger partial charge in [-0.1, -0.05) is 0 Å². The Bertz CT molecular complexity index is 297. The number of furan rings is 1. The molecule has 1 unspecified atom stereocenters. The summed E-state index contributed by atoms with van der Waals surface area (Å²) >= 11 is 6.92. The predicted molar refractivity (Wildman–Crippen MR) is 51.4 cm³/mol. The fourth-order valence-electron chi connectivity index (χ4n) is 0.757. The van der Waals surface area contributed by atoms with Crippen LogP contribution < -0.4 is 0 Å². The van der Waals surface area contributed by atoms with Crippen molar-refractivity contribution in [2.45, 2.75) is 17.2 Å². The molecular weight excluding hydrogens is 212 g/mol. The first-order valence-electron chi connectivity index (χ1n) is 3.65. The normalized spacial score (nSPS) is 12.8. The zero-order valence-electron chi connectivity index (χ0n) is 6.99. The SMILES string of the molecule is Cc1occc1SCC(Cl)C(=O)O. The topological polar surface area (TPSA) is 50.4 Å². The Labute approximate surface area is 85.1 Å². The van der Waals surface area contributed by atoms with Crippen molar-refractivity contribution in [3.05, 3.63) is 18.1 Å². The average Bonchev–Trinajstić information content (AvgIpc) is 2.47. The average molecular weight is 221 g/mol. The van der Waals surface area contributed by atoms with Crippen molar-refractivity contribution in [3.8, 4) is 0 Å². The molecule has 3 nitrogen and oxygen atoms in total. The van der Waals surface area contributed by atoms with Crippen molar-refractivity contribution in [1.29, 1.82) is 0 Å². The smallest absolute Gasteiger partial charge is 0.322 e. The van der Waals surface area contributed by atoms with E-state index in [1.54, 1.807) is 12.3 Å². The van der Waals surface area contributed by atoms with Crippen LogP contribution in [-0.2, 0) is 4.79 Å². The molecule has 0 aliphatic heterocycles. The molecule has 0 saturated carbocycles. The van der Waals surface area contributed by atoms with Gasteiger partial charge in [0.2, 0.25) is 0 Å². The van der Waals surface area contributed by atoms with Crippen LogP contribution >= 0.6 is 23.4 Å². The van der Waals surface area contributed by atoms with Crippen molar-refractivity contribution in [1.82, 2.24) is 0 Å². The fourth-order valence-corrected chi connectivity index (χ4v) is 1.82. The summed E-state index contributed by atoms with van der Waals surface area (Å²) < 4.78 is 5.05. The third-order valence-corrected chi connectivity index (χ3v) is 3.22. The Morgan fingerprint density at radius 3 is 3.00 bits per heavy atom. The highest BCUT2D eigenvalue weighted by molar-refractivity contribution is 7.99. The number of hydrogen-bond donors (Lipinski definition) is 1. The third kappa shape index (κ3) is 2.97. The zero-order chi connectivity index (χ0) is 9.84. The molecule has 0 radical (unpaired) electrons. The van der Waals surface area contributed by atoms with Crippen molar-refractivity contribution >= 4 is 29.3 Å². The van der Waals surface area contributed by atoms with Crippen LogP contribution in [0.5, 0.6) is 0 Å². The summed E-state index contributed by atoms with van der Waals surface area (Å²) in [4.78, 5) is 11.3. The summed E-state index contributed by atoms with van der Waals surface area (Å²) in [5, 5.41) is 7.66. The van der Waals surface area contributed by atoms with Crippen LogP contribution in [0.4, 0.5) is 0 Å². The van der Waals surface area contributed by atoms with Gasteiger partial charge in [0.05, 0.1) is 6.26 Å². The highest BCUT2D eigenvalue weighted by atomic mass is 35.5. The largest absolute Gasteiger partial charge is 0.480 e. The van der Waals surface area contributed by atoms with E-state index in [1.807, 2.05) is 6.92 Å². The van der Waals surface area contributed by atoms with E-state index in [9.17, 15) is 4.79 Å². The van der Waals surface area contributed by atoms with Crippen molar-refractivity contribution < 1.29 is 14.3 Å². The Morgan fingerprint density at radius 2 is 2.54 bits per heavy atom. The van der Waals surface area contributed by atoms with Gasteiger partial charge >= 0.3 is 5.97 Å². The minimum Gasteiger partial charge on any atom is -0.480 e. The minimum atomic E-state index is -0.990. The van der Waals surface area contributed by atoms with Crippen molar-refractivity contribution in [3.63, 3.8) is 0 Å². The molecule has 1 aromatic heterocycles. The van der Waals surface area contributed by atoms with E-state index in [1.165, 1.54) is 11.8 Å². The van der Waals surface area contributed by atoms with E-state index < -0.39 is 11.3 Å². The second-order valence-corrected chi connectivity index (χ2v) is 4.05. The molecule has 1 rings (SSSR count). The summed E-state index contributed by atoms with van der Waals surface area (Å²) in [5.74, 6) is 0.145. The lowest BCUT2D eigenvalue weighted by Gasteiger charge is -2.02. The van der Waals surface area contributed by atoms with Crippen LogP contribution in [0.2, 0.25) is 0 Å². The Balaban J connectivity index is 2.44. The quantitative estimate of drug-likeness (QED) is 0.625. The van der Waals surface area contributed by atoms with E-state index in [2.05, 4.69) is 0 Å². The summed E-state index contributed by atoms with van der Waals surface area (Å²) in [6.45, 7) is 1.83. The molecule has 0 amide bonds. The molecule has 13 heavy (non-hydrogen) atoms. The Kier molecular flexibility index (Phi) is 3.69. The first kappa shape index (κ1) is 10.5. The minimum absolute atomic E-state index is 0.345. The summed E-state index contributed by atoms with van der Waals surface area (Å²) in [6.07, 6.45) is 1.57. The standard InChI is InChI=1S/C8H9ClO3S/c1-5-7(2-3-12-5)13-4-6(9)8(10)11/h2-3,6H,4H2,1H3,(H,10,11). The molecule has 0 spiro atoms. The van der Waals surface area contributed by atoms with Gasteiger partial charge in [0.15, 0.2) is 0 Å². The number of thioether (sulfide) groups is 1. The highest BCUT2D eigenvalue weighted by Gasteiger charge is 2.14. The van der Waals surface area contributed by atoms with Crippen LogP contribution in [0.15, 0.2) is 21.6 Å². The van der Waals surface area contributed by atoms with Gasteiger partial charge in [-0.2, -0.15) is 0 Å². The summed E-state index contributed by atoms with van der Waals surface area (Å²) in [5.41, 5.74) is 0. The number of carboxylic acids is 1. The molecule has 5 heteroatoms. The van der Waals surface area contributed by atoms with Gasteiger partial charge in [-0.05, 0) is 13.0 Å². The maximum Gasteiger partial charge on any atom is 0.322 e. The van der Waals surface area contributed by atoms with Gasteiger partial charge in [0.25, 0.3) is 0 Å². The molecule has 0 aromatic carbocycles. The lowest BCUT2D eigenvalue weighted by Crippen LogP contribution is -2.15. The number of halogens is 1. The molecule has 1 heterocycles. The third-order valence-electron chi connectivity index (χ3n) is 1.46. The van der Waals surface area contributed by atoms with Crippen LogP contribution in [0, 0.1) is 6.92 Å². The molecule has 0 aliphatic rings. The second kappa shape index (κ2) is 4.58. The number of aliphatic carboxylic acids is 1. The van der Waals surface area contributed by atoms with Gasteiger partial charge in [0, 0.05) is 10.6 Å². The van der Waals surface area contributed by atoms with Crippen LogP contribution in [-0.4, -0.2) is 22.2 Å². The van der Waals surface area contributed by atoms with E-state index in [0.29, 0.717) is 5.75 Å². The zero-order valence-corrected chi connectivity index (χ0v) is 8.56. The van der Waals surface area contributed by atoms with Gasteiger partial charge in [0.1, 0.15) is 11.1 Å². The maximum atomic E-state index is 10.4. The van der Waals surface area contributed by atoms with E-state index in [0.717, 1.165) is 10.7 Å². The number of hydrogen-bond acceptors (Lipinski definition) is 3. The fraction of sp³-hybridized carbons (Fsp3) is 0.375. The number of aryl methyl sites for hydroxylation is 1. The number of carbonyl (C=O) groups is 1. The molecule has 0 aliphatic carbocycles. The van der Waals surface area contributed by atoms with Crippen LogP contribution in [0.25, 0.3) is 0 Å². The maximum absolute atomic E-state index is 10.4. The monoisotopic (exact) mass is 220 g/mol. The lowest BCUT2D eigenvalue weighted by molar-refractivity contribution is -0.136. The van der Waals surface area contributed by atoms with E-state index >= 15 is 0 Å². The molecule has 0 bridgehead atoms. The molecule has 72 valence electrons. The van der Waals surface area contributed by atoms with Crippen LogP contribution in [0.3, 0.4) is 0 Å². The molecule has 0 fully saturated rings.